The van der Waals surface area contributed by atoms with Crippen LogP contribution in [0.5, 0.6) is 0 Å². The molecule has 1 heterocycles. The van der Waals surface area contributed by atoms with Gasteiger partial charge in [0.15, 0.2) is 0 Å². The fourth-order valence-corrected chi connectivity index (χ4v) is 1.84. The SMILES string of the molecule is CN=C/C(=N\N)c1cnc(C(C)C)s1. The van der Waals surface area contributed by atoms with Gasteiger partial charge in [0.25, 0.3) is 0 Å². The molecule has 0 radical (unpaired) electrons. The van der Waals surface area contributed by atoms with Crippen molar-refractivity contribution in [1.82, 2.24) is 4.98 Å². The van der Waals surface area contributed by atoms with Gasteiger partial charge in [-0.05, 0) is 0 Å². The Morgan fingerprint density at radius 3 is 2.79 bits per heavy atom. The Balaban J connectivity index is 2.96. The van der Waals surface area contributed by atoms with Gasteiger partial charge in [-0.1, -0.05) is 13.8 Å². The first kappa shape index (κ1) is 10.8. The standard InChI is InChI=1S/C9H14N4S/c1-6(2)9-12-5-8(14-9)7(13-10)4-11-3/h4-6H,10H2,1-3H3/b11-4?,13-7+. The van der Waals surface area contributed by atoms with Gasteiger partial charge >= 0.3 is 0 Å². The van der Waals surface area contributed by atoms with Gasteiger partial charge in [-0.2, -0.15) is 5.10 Å². The average Bonchev–Trinajstić information content (AvgIpc) is 2.63. The lowest BCUT2D eigenvalue weighted by Crippen LogP contribution is -2.03. The minimum Gasteiger partial charge on any atom is -0.323 e. The second-order valence-electron chi connectivity index (χ2n) is 3.12. The van der Waals surface area contributed by atoms with Crippen LogP contribution in [0.4, 0.5) is 0 Å². The molecule has 0 saturated heterocycles. The van der Waals surface area contributed by atoms with E-state index >= 15 is 0 Å². The highest BCUT2D eigenvalue weighted by atomic mass is 32.1. The molecule has 0 amide bonds. The second kappa shape index (κ2) is 4.85. The number of hydrazone groups is 1. The van der Waals surface area contributed by atoms with Crippen molar-refractivity contribution in [2.45, 2.75) is 19.8 Å². The molecule has 0 fully saturated rings. The zero-order valence-corrected chi connectivity index (χ0v) is 9.38. The maximum Gasteiger partial charge on any atom is 0.119 e. The molecule has 76 valence electrons. The summed E-state index contributed by atoms with van der Waals surface area (Å²) in [6, 6.07) is 0. The first-order chi connectivity index (χ1) is 6.69. The third-order valence-electron chi connectivity index (χ3n) is 1.66. The van der Waals surface area contributed by atoms with Gasteiger partial charge in [-0.25, -0.2) is 4.98 Å². The van der Waals surface area contributed by atoms with Gasteiger partial charge in [0.2, 0.25) is 0 Å². The summed E-state index contributed by atoms with van der Waals surface area (Å²) < 4.78 is 0. The van der Waals surface area contributed by atoms with Crippen LogP contribution in [0.25, 0.3) is 0 Å². The predicted molar refractivity (Wildman–Crippen MR) is 61.3 cm³/mol. The van der Waals surface area contributed by atoms with Crippen LogP contribution in [0.1, 0.15) is 29.7 Å². The number of nitrogens with zero attached hydrogens (tertiary/aromatic N) is 3. The summed E-state index contributed by atoms with van der Waals surface area (Å²) >= 11 is 1.60. The predicted octanol–water partition coefficient (Wildman–Crippen LogP) is 1.63. The van der Waals surface area contributed by atoms with Crippen LogP contribution in [0.2, 0.25) is 0 Å². The largest absolute Gasteiger partial charge is 0.323 e. The molecule has 0 atom stereocenters. The normalized spacial score (nSPS) is 13.0. The zero-order chi connectivity index (χ0) is 10.6. The fraction of sp³-hybridized carbons (Fsp3) is 0.444. The monoisotopic (exact) mass is 210 g/mol. The molecule has 5 heteroatoms. The minimum atomic E-state index is 0.436. The molecule has 0 unspecified atom stereocenters. The molecule has 0 aliphatic rings. The summed E-state index contributed by atoms with van der Waals surface area (Å²) in [5, 5.41) is 4.75. The molecule has 0 saturated carbocycles. The molecule has 4 nitrogen and oxygen atoms in total. The first-order valence-electron chi connectivity index (χ1n) is 4.35. The molecule has 0 bridgehead atoms. The van der Waals surface area contributed by atoms with E-state index in [0.29, 0.717) is 11.6 Å². The van der Waals surface area contributed by atoms with Crippen LogP contribution < -0.4 is 5.84 Å². The van der Waals surface area contributed by atoms with Gasteiger partial charge in [0.05, 0.1) is 9.88 Å². The van der Waals surface area contributed by atoms with E-state index in [1.165, 1.54) is 0 Å². The number of nitrogens with two attached hydrogens (primary N) is 1. The van der Waals surface area contributed by atoms with E-state index < -0.39 is 0 Å². The summed E-state index contributed by atoms with van der Waals surface area (Å²) in [4.78, 5) is 9.13. The third-order valence-corrected chi connectivity index (χ3v) is 2.98. The Bertz CT molecular complexity index is 351. The van der Waals surface area contributed by atoms with Crippen molar-refractivity contribution in [3.8, 4) is 0 Å². The van der Waals surface area contributed by atoms with Gasteiger partial charge in [0.1, 0.15) is 5.71 Å². The molecule has 14 heavy (non-hydrogen) atoms. The Hall–Kier alpha value is -1.23. The van der Waals surface area contributed by atoms with Gasteiger partial charge in [-0.3, -0.25) is 4.99 Å². The van der Waals surface area contributed by atoms with E-state index in [0.717, 1.165) is 9.88 Å². The highest BCUT2D eigenvalue weighted by molar-refractivity contribution is 7.14. The van der Waals surface area contributed by atoms with Crippen LogP contribution >= 0.6 is 11.3 Å². The smallest absolute Gasteiger partial charge is 0.119 e. The summed E-state index contributed by atoms with van der Waals surface area (Å²) in [6.45, 7) is 4.21. The van der Waals surface area contributed by atoms with E-state index in [1.54, 1.807) is 30.8 Å². The van der Waals surface area contributed by atoms with Crippen LogP contribution in [-0.2, 0) is 0 Å². The van der Waals surface area contributed by atoms with Crippen molar-refractivity contribution in [2.75, 3.05) is 7.05 Å². The average molecular weight is 210 g/mol. The van der Waals surface area contributed by atoms with Crippen LogP contribution in [0, 0.1) is 0 Å². The van der Waals surface area contributed by atoms with Gasteiger partial charge < -0.3 is 5.84 Å². The topological polar surface area (TPSA) is 63.6 Å². The highest BCUT2D eigenvalue weighted by Gasteiger charge is 2.08. The lowest BCUT2D eigenvalue weighted by atomic mass is 10.2. The highest BCUT2D eigenvalue weighted by Crippen LogP contribution is 2.21. The summed E-state index contributed by atoms with van der Waals surface area (Å²) in [5.74, 6) is 5.69. The van der Waals surface area contributed by atoms with Crippen molar-refractivity contribution in [1.29, 1.82) is 0 Å². The second-order valence-corrected chi connectivity index (χ2v) is 4.18. The molecule has 1 rings (SSSR count). The Morgan fingerprint density at radius 1 is 1.64 bits per heavy atom. The van der Waals surface area contributed by atoms with Crippen molar-refractivity contribution >= 4 is 23.3 Å². The quantitative estimate of drug-likeness (QED) is 0.468. The molecular weight excluding hydrogens is 196 g/mol. The summed E-state index contributed by atoms with van der Waals surface area (Å²) in [5.41, 5.74) is 0.678. The molecule has 0 aliphatic heterocycles. The lowest BCUT2D eigenvalue weighted by Gasteiger charge is -1.95. The van der Waals surface area contributed by atoms with Crippen LogP contribution in [0.3, 0.4) is 0 Å². The number of aromatic nitrogens is 1. The third kappa shape index (κ3) is 2.38. The van der Waals surface area contributed by atoms with Crippen molar-refractivity contribution in [2.24, 2.45) is 15.9 Å². The van der Waals surface area contributed by atoms with Crippen molar-refractivity contribution < 1.29 is 0 Å². The van der Waals surface area contributed by atoms with Gasteiger partial charge in [0, 0.05) is 25.4 Å². The van der Waals surface area contributed by atoms with E-state index in [2.05, 4.69) is 28.9 Å². The number of rotatable bonds is 3. The molecule has 0 spiro atoms. The van der Waals surface area contributed by atoms with E-state index in [4.69, 9.17) is 5.84 Å². The van der Waals surface area contributed by atoms with E-state index in [9.17, 15) is 0 Å². The van der Waals surface area contributed by atoms with E-state index in [1.807, 2.05) is 0 Å². The maximum absolute atomic E-state index is 5.25. The van der Waals surface area contributed by atoms with E-state index in [-0.39, 0.29) is 0 Å². The van der Waals surface area contributed by atoms with Crippen molar-refractivity contribution in [3.63, 3.8) is 0 Å². The Kier molecular flexibility index (Phi) is 3.76. The molecule has 0 aromatic carbocycles. The zero-order valence-electron chi connectivity index (χ0n) is 8.56. The summed E-state index contributed by atoms with van der Waals surface area (Å²) in [7, 11) is 1.69. The number of hydrogen-bond acceptors (Lipinski definition) is 5. The van der Waals surface area contributed by atoms with Gasteiger partial charge in [-0.15, -0.1) is 11.3 Å². The Morgan fingerprint density at radius 2 is 2.36 bits per heavy atom. The fourth-order valence-electron chi connectivity index (χ4n) is 0.956. The summed E-state index contributed by atoms with van der Waals surface area (Å²) in [6.07, 6.45) is 3.42. The van der Waals surface area contributed by atoms with Crippen LogP contribution in [0.15, 0.2) is 16.3 Å². The first-order valence-corrected chi connectivity index (χ1v) is 5.16. The lowest BCUT2D eigenvalue weighted by molar-refractivity contribution is 0.852. The van der Waals surface area contributed by atoms with Crippen LogP contribution in [-0.4, -0.2) is 24.0 Å². The number of hydrogen-bond donors (Lipinski definition) is 1. The minimum absolute atomic E-state index is 0.436. The molecule has 2 N–H and O–H groups in total. The number of aliphatic imine (C=N–C) groups is 1. The number of thiazole rings is 1. The maximum atomic E-state index is 5.25. The van der Waals surface area contributed by atoms with Crippen molar-refractivity contribution in [3.05, 3.63) is 16.1 Å². The molecule has 1 aromatic heterocycles. The Labute approximate surface area is 87.6 Å². The molecule has 1 aromatic rings. The molecular formula is C9H14N4S. The molecule has 0 aliphatic carbocycles.